The number of carbonyl (C=O) groups is 2. The van der Waals surface area contributed by atoms with Crippen molar-refractivity contribution >= 4 is 23.2 Å². The van der Waals surface area contributed by atoms with Crippen LogP contribution < -0.4 is 10.6 Å². The highest BCUT2D eigenvalue weighted by atomic mass is 16.1. The van der Waals surface area contributed by atoms with Crippen LogP contribution in [0.4, 0.5) is 0 Å². The van der Waals surface area contributed by atoms with Gasteiger partial charge in [0.05, 0.1) is 6.04 Å². The number of hydrogen-bond acceptors (Lipinski definition) is 4. The number of rotatable bonds is 4. The van der Waals surface area contributed by atoms with Crippen molar-refractivity contribution < 1.29 is 9.59 Å². The molecule has 2 aromatic heterocycles. The number of pyridine rings is 1. The minimum Gasteiger partial charge on any atom is -0.347 e. The Hall–Kier alpha value is -2.99. The highest BCUT2D eigenvalue weighted by Crippen LogP contribution is 2.19. The van der Waals surface area contributed by atoms with E-state index in [-0.39, 0.29) is 11.9 Å². The Bertz CT molecular complexity index is 910. The second kappa shape index (κ2) is 5.90. The van der Waals surface area contributed by atoms with Crippen molar-refractivity contribution in [1.82, 2.24) is 20.2 Å². The molecule has 3 heterocycles. The number of nitrogens with one attached hydrogen (secondary N) is 2. The number of benzene rings is 1. The lowest BCUT2D eigenvalue weighted by molar-refractivity contribution is 0.0923. The predicted molar refractivity (Wildman–Crippen MR) is 90.6 cm³/mol. The van der Waals surface area contributed by atoms with Crippen LogP contribution in [0.25, 0.3) is 16.7 Å². The summed E-state index contributed by atoms with van der Waals surface area (Å²) in [7, 11) is 0. The van der Waals surface area contributed by atoms with Crippen LogP contribution in [-0.2, 0) is 0 Å². The number of hydrogen-bond donors (Lipinski definition) is 2. The summed E-state index contributed by atoms with van der Waals surface area (Å²) in [5.74, 6) is -0.0563. The molecular formula is C18H16N4O2. The molecule has 1 aliphatic heterocycles. The van der Waals surface area contributed by atoms with Gasteiger partial charge in [0.2, 0.25) is 0 Å². The quantitative estimate of drug-likeness (QED) is 0.715. The molecule has 3 aromatic rings. The summed E-state index contributed by atoms with van der Waals surface area (Å²) in [5, 5.41) is 7.00. The molecule has 1 saturated heterocycles. The van der Waals surface area contributed by atoms with Crippen molar-refractivity contribution in [3.63, 3.8) is 0 Å². The molecular weight excluding hydrogens is 304 g/mol. The average molecular weight is 320 g/mol. The summed E-state index contributed by atoms with van der Waals surface area (Å²) in [5.41, 5.74) is 2.88. The van der Waals surface area contributed by atoms with E-state index in [0.717, 1.165) is 36.1 Å². The zero-order chi connectivity index (χ0) is 16.5. The maximum absolute atomic E-state index is 12.1. The van der Waals surface area contributed by atoms with Gasteiger partial charge >= 0.3 is 0 Å². The Morgan fingerprint density at radius 3 is 2.71 bits per heavy atom. The van der Waals surface area contributed by atoms with Crippen molar-refractivity contribution in [2.75, 3.05) is 13.1 Å². The number of nitrogens with zero attached hydrogens (tertiary/aromatic N) is 2. The molecule has 0 radical (unpaired) electrons. The van der Waals surface area contributed by atoms with E-state index in [1.54, 1.807) is 12.3 Å². The van der Waals surface area contributed by atoms with E-state index in [9.17, 15) is 9.59 Å². The topological polar surface area (TPSA) is 76.0 Å². The van der Waals surface area contributed by atoms with Crippen LogP contribution in [0.15, 0.2) is 48.8 Å². The fraction of sp³-hybridized carbons (Fsp3) is 0.167. The first-order chi connectivity index (χ1) is 11.7. The molecule has 6 heteroatoms. The molecule has 0 spiro atoms. The SMILES string of the molecule is O=Cc1cnc2c(ccn2-c2ccc(C(=O)NC3CNC3)cc2)c1. The fourth-order valence-corrected chi connectivity index (χ4v) is 2.75. The van der Waals surface area contributed by atoms with E-state index in [2.05, 4.69) is 15.6 Å². The van der Waals surface area contributed by atoms with Crippen LogP contribution in [0.5, 0.6) is 0 Å². The minimum absolute atomic E-state index is 0.0563. The summed E-state index contributed by atoms with van der Waals surface area (Å²) < 4.78 is 1.93. The molecule has 0 unspecified atom stereocenters. The number of fused-ring (bicyclic) bond motifs is 1. The van der Waals surface area contributed by atoms with Gasteiger partial charge in [-0.25, -0.2) is 4.98 Å². The molecule has 1 amide bonds. The Morgan fingerprint density at radius 2 is 2.04 bits per heavy atom. The Morgan fingerprint density at radius 1 is 1.25 bits per heavy atom. The fourth-order valence-electron chi connectivity index (χ4n) is 2.75. The summed E-state index contributed by atoms with van der Waals surface area (Å²) in [6.45, 7) is 1.65. The lowest BCUT2D eigenvalue weighted by atomic mass is 10.1. The van der Waals surface area contributed by atoms with Gasteiger partial charge < -0.3 is 15.2 Å². The third-order valence-corrected chi connectivity index (χ3v) is 4.21. The van der Waals surface area contributed by atoms with Gasteiger partial charge in [0.1, 0.15) is 5.65 Å². The van der Waals surface area contributed by atoms with E-state index in [4.69, 9.17) is 0 Å². The third kappa shape index (κ3) is 2.57. The van der Waals surface area contributed by atoms with Crippen LogP contribution in [-0.4, -0.2) is 40.9 Å². The average Bonchev–Trinajstić information content (AvgIpc) is 3.01. The Labute approximate surface area is 138 Å². The lowest BCUT2D eigenvalue weighted by Gasteiger charge is -2.27. The molecule has 6 nitrogen and oxygen atoms in total. The maximum atomic E-state index is 12.1. The molecule has 0 bridgehead atoms. The van der Waals surface area contributed by atoms with Crippen LogP contribution in [0.2, 0.25) is 0 Å². The van der Waals surface area contributed by atoms with E-state index in [0.29, 0.717) is 11.1 Å². The summed E-state index contributed by atoms with van der Waals surface area (Å²) in [4.78, 5) is 27.3. The van der Waals surface area contributed by atoms with Crippen molar-refractivity contribution in [1.29, 1.82) is 0 Å². The summed E-state index contributed by atoms with van der Waals surface area (Å²) in [6.07, 6.45) is 4.25. The van der Waals surface area contributed by atoms with Gasteiger partial charge in [-0.05, 0) is 36.4 Å². The van der Waals surface area contributed by atoms with Gasteiger partial charge in [0, 0.05) is 47.7 Å². The Balaban J connectivity index is 1.60. The largest absolute Gasteiger partial charge is 0.347 e. The molecule has 0 atom stereocenters. The van der Waals surface area contributed by atoms with Gasteiger partial charge in [-0.1, -0.05) is 0 Å². The van der Waals surface area contributed by atoms with Crippen molar-refractivity contribution in [2.24, 2.45) is 0 Å². The van der Waals surface area contributed by atoms with Crippen molar-refractivity contribution in [2.45, 2.75) is 6.04 Å². The van der Waals surface area contributed by atoms with E-state index >= 15 is 0 Å². The van der Waals surface area contributed by atoms with Gasteiger partial charge in [-0.2, -0.15) is 0 Å². The van der Waals surface area contributed by atoms with Crippen molar-refractivity contribution in [3.8, 4) is 5.69 Å². The first-order valence-electron chi connectivity index (χ1n) is 7.79. The second-order valence-electron chi connectivity index (χ2n) is 5.86. The molecule has 0 saturated carbocycles. The molecule has 24 heavy (non-hydrogen) atoms. The van der Waals surface area contributed by atoms with Crippen LogP contribution in [0.3, 0.4) is 0 Å². The molecule has 0 aliphatic carbocycles. The van der Waals surface area contributed by atoms with Crippen molar-refractivity contribution in [3.05, 3.63) is 59.9 Å². The highest BCUT2D eigenvalue weighted by Gasteiger charge is 2.19. The predicted octanol–water partition coefficient (Wildman–Crippen LogP) is 1.54. The number of carbonyl (C=O) groups excluding carboxylic acids is 2. The molecule has 1 aromatic carbocycles. The third-order valence-electron chi connectivity index (χ3n) is 4.21. The van der Waals surface area contributed by atoms with Gasteiger partial charge in [0.15, 0.2) is 6.29 Å². The smallest absolute Gasteiger partial charge is 0.251 e. The monoisotopic (exact) mass is 320 g/mol. The summed E-state index contributed by atoms with van der Waals surface area (Å²) in [6, 6.07) is 11.3. The molecule has 1 fully saturated rings. The van der Waals surface area contributed by atoms with E-state index in [1.807, 2.05) is 41.1 Å². The van der Waals surface area contributed by atoms with E-state index in [1.165, 1.54) is 0 Å². The first-order valence-corrected chi connectivity index (χ1v) is 7.79. The number of aldehydes is 1. The van der Waals surface area contributed by atoms with Crippen LogP contribution in [0.1, 0.15) is 20.7 Å². The summed E-state index contributed by atoms with van der Waals surface area (Å²) >= 11 is 0. The van der Waals surface area contributed by atoms with Gasteiger partial charge in [-0.15, -0.1) is 0 Å². The number of aromatic nitrogens is 2. The molecule has 2 N–H and O–H groups in total. The first kappa shape index (κ1) is 14.6. The van der Waals surface area contributed by atoms with Crippen LogP contribution >= 0.6 is 0 Å². The number of amides is 1. The zero-order valence-electron chi connectivity index (χ0n) is 12.9. The minimum atomic E-state index is -0.0563. The molecule has 4 rings (SSSR count). The molecule has 1 aliphatic rings. The van der Waals surface area contributed by atoms with Crippen LogP contribution in [0, 0.1) is 0 Å². The maximum Gasteiger partial charge on any atom is 0.251 e. The van der Waals surface area contributed by atoms with Gasteiger partial charge in [0.25, 0.3) is 5.91 Å². The highest BCUT2D eigenvalue weighted by molar-refractivity contribution is 5.94. The lowest BCUT2D eigenvalue weighted by Crippen LogP contribution is -2.56. The zero-order valence-corrected chi connectivity index (χ0v) is 12.9. The standard InChI is InChI=1S/C18H16N4O2/c23-11-12-7-14-5-6-22(17(14)20-8-12)16-3-1-13(2-4-16)18(24)21-15-9-19-10-15/h1-8,11,15,19H,9-10H2,(H,21,24). The van der Waals surface area contributed by atoms with E-state index < -0.39 is 0 Å². The molecule has 120 valence electrons. The second-order valence-corrected chi connectivity index (χ2v) is 5.86. The normalized spacial score (nSPS) is 14.3. The Kier molecular flexibility index (Phi) is 3.59. The van der Waals surface area contributed by atoms with Gasteiger partial charge in [-0.3, -0.25) is 9.59 Å².